The Morgan fingerprint density at radius 2 is 1.75 bits per heavy atom. The Balaban J connectivity index is 1.76. The van der Waals surface area contributed by atoms with E-state index in [4.69, 9.17) is 4.74 Å². The van der Waals surface area contributed by atoms with Gasteiger partial charge in [0.1, 0.15) is 11.3 Å². The van der Waals surface area contributed by atoms with E-state index in [1.54, 1.807) is 38.3 Å². The van der Waals surface area contributed by atoms with E-state index in [1.165, 1.54) is 12.0 Å². The summed E-state index contributed by atoms with van der Waals surface area (Å²) in [6.45, 7) is 1.83. The number of carbonyl (C=O) groups excluding carboxylic acids is 3. The molecule has 1 N–H and O–H groups in total. The first-order valence-corrected chi connectivity index (χ1v) is 8.81. The normalized spacial score (nSPS) is 18.8. The lowest BCUT2D eigenvalue weighted by Gasteiger charge is -2.23. The molecule has 2 aromatic carbocycles. The van der Waals surface area contributed by atoms with E-state index >= 15 is 0 Å². The van der Waals surface area contributed by atoms with Crippen LogP contribution in [0.2, 0.25) is 0 Å². The van der Waals surface area contributed by atoms with Crippen LogP contribution < -0.4 is 10.1 Å². The van der Waals surface area contributed by atoms with Gasteiger partial charge in [-0.2, -0.15) is 0 Å². The quantitative estimate of drug-likeness (QED) is 0.613. The fraction of sp³-hybridized carbons (Fsp3) is 0.286. The van der Waals surface area contributed by atoms with E-state index < -0.39 is 17.5 Å². The van der Waals surface area contributed by atoms with Crippen molar-refractivity contribution in [2.24, 2.45) is 0 Å². The summed E-state index contributed by atoms with van der Waals surface area (Å²) < 4.78 is 10.0. The minimum Gasteiger partial charge on any atom is -0.496 e. The predicted molar refractivity (Wildman–Crippen MR) is 102 cm³/mol. The second-order valence-electron chi connectivity index (χ2n) is 6.83. The molecule has 146 valence electrons. The lowest BCUT2D eigenvalue weighted by atomic mass is 9.92. The fourth-order valence-corrected chi connectivity index (χ4v) is 3.29. The largest absolute Gasteiger partial charge is 0.496 e. The van der Waals surface area contributed by atoms with Crippen molar-refractivity contribution in [1.29, 1.82) is 0 Å². The highest BCUT2D eigenvalue weighted by molar-refractivity contribution is 6.07. The summed E-state index contributed by atoms with van der Waals surface area (Å²) >= 11 is 0. The van der Waals surface area contributed by atoms with Crippen molar-refractivity contribution in [1.82, 2.24) is 10.2 Å². The molecule has 1 aliphatic heterocycles. The molecule has 0 aliphatic carbocycles. The highest BCUT2D eigenvalue weighted by Gasteiger charge is 2.47. The van der Waals surface area contributed by atoms with Gasteiger partial charge in [0.2, 0.25) is 0 Å². The molecule has 1 heterocycles. The Hall–Kier alpha value is -3.35. The first kappa shape index (κ1) is 19.4. The fourth-order valence-electron chi connectivity index (χ4n) is 3.29. The number of hydrogen-bond acceptors (Lipinski definition) is 5. The molecule has 0 radical (unpaired) electrons. The van der Waals surface area contributed by atoms with Gasteiger partial charge in [0.15, 0.2) is 0 Å². The zero-order valence-corrected chi connectivity index (χ0v) is 16.0. The van der Waals surface area contributed by atoms with Crippen LogP contribution in [-0.4, -0.2) is 42.6 Å². The number of ether oxygens (including phenoxy) is 2. The second-order valence-corrected chi connectivity index (χ2v) is 6.83. The average Bonchev–Trinajstić information content (AvgIpc) is 2.91. The summed E-state index contributed by atoms with van der Waals surface area (Å²) in [6, 6.07) is 13.6. The number of hydrogen-bond donors (Lipinski definition) is 1. The van der Waals surface area contributed by atoms with Crippen molar-refractivity contribution in [2.45, 2.75) is 25.4 Å². The summed E-state index contributed by atoms with van der Waals surface area (Å²) in [5.41, 5.74) is 0.921. The molecule has 0 aromatic heterocycles. The molecule has 3 rings (SSSR count). The van der Waals surface area contributed by atoms with Crippen molar-refractivity contribution < 1.29 is 23.9 Å². The number of nitrogens with one attached hydrogen (secondary N) is 1. The SMILES string of the molecule is COC(=O)c1ccc(CN2C(=O)N[C@@](C)(Cc3ccccc3OC)C2=O)cc1. The number of benzene rings is 2. The molecule has 3 amide bonds. The average molecular weight is 382 g/mol. The number of nitrogens with zero attached hydrogens (tertiary/aromatic N) is 1. The third kappa shape index (κ3) is 3.69. The van der Waals surface area contributed by atoms with Crippen molar-refractivity contribution in [3.05, 3.63) is 65.2 Å². The lowest BCUT2D eigenvalue weighted by Crippen LogP contribution is -2.46. The van der Waals surface area contributed by atoms with Crippen LogP contribution in [0, 0.1) is 0 Å². The van der Waals surface area contributed by atoms with Crippen LogP contribution >= 0.6 is 0 Å². The van der Waals surface area contributed by atoms with E-state index in [1.807, 2.05) is 24.3 Å². The minimum absolute atomic E-state index is 0.119. The number of rotatable bonds is 6. The Morgan fingerprint density at radius 1 is 1.07 bits per heavy atom. The second kappa shape index (κ2) is 7.72. The Morgan fingerprint density at radius 3 is 2.39 bits per heavy atom. The Labute approximate surface area is 163 Å². The molecule has 2 aromatic rings. The van der Waals surface area contributed by atoms with Crippen LogP contribution in [0.4, 0.5) is 4.79 Å². The number of methoxy groups -OCH3 is 2. The van der Waals surface area contributed by atoms with E-state index in [0.717, 1.165) is 11.1 Å². The first-order valence-electron chi connectivity index (χ1n) is 8.81. The van der Waals surface area contributed by atoms with Crippen LogP contribution in [0.25, 0.3) is 0 Å². The number of urea groups is 1. The minimum atomic E-state index is -1.06. The number of para-hydroxylation sites is 1. The molecule has 0 unspecified atom stereocenters. The molecule has 28 heavy (non-hydrogen) atoms. The van der Waals surface area contributed by atoms with Gasteiger partial charge < -0.3 is 14.8 Å². The standard InChI is InChI=1S/C21H22N2O5/c1-21(12-16-6-4-5-7-17(16)27-2)19(25)23(20(26)22-21)13-14-8-10-15(11-9-14)18(24)28-3/h4-11H,12-13H2,1-3H3,(H,22,26)/t21-/m0/s1. The highest BCUT2D eigenvalue weighted by Crippen LogP contribution is 2.28. The zero-order chi connectivity index (χ0) is 20.3. The van der Waals surface area contributed by atoms with E-state index in [0.29, 0.717) is 17.7 Å². The highest BCUT2D eigenvalue weighted by atomic mass is 16.5. The molecular weight excluding hydrogens is 360 g/mol. The van der Waals surface area contributed by atoms with Crippen molar-refractivity contribution >= 4 is 17.9 Å². The molecule has 0 saturated carbocycles. The molecule has 0 spiro atoms. The van der Waals surface area contributed by atoms with Crippen LogP contribution in [0.5, 0.6) is 5.75 Å². The van der Waals surface area contributed by atoms with E-state index in [2.05, 4.69) is 10.1 Å². The number of carbonyl (C=O) groups is 3. The van der Waals surface area contributed by atoms with Crippen molar-refractivity contribution in [2.75, 3.05) is 14.2 Å². The third-order valence-electron chi connectivity index (χ3n) is 4.80. The Bertz CT molecular complexity index is 909. The van der Waals surface area contributed by atoms with Gasteiger partial charge in [-0.25, -0.2) is 9.59 Å². The van der Waals surface area contributed by atoms with Crippen molar-refractivity contribution in [3.63, 3.8) is 0 Å². The smallest absolute Gasteiger partial charge is 0.337 e. The molecule has 7 heteroatoms. The third-order valence-corrected chi connectivity index (χ3v) is 4.80. The molecule has 1 aliphatic rings. The summed E-state index contributed by atoms with van der Waals surface area (Å²) in [7, 11) is 2.88. The first-order chi connectivity index (χ1) is 13.4. The number of esters is 1. The van der Waals surface area contributed by atoms with Crippen LogP contribution in [0.3, 0.4) is 0 Å². The van der Waals surface area contributed by atoms with Gasteiger partial charge in [-0.05, 0) is 36.2 Å². The van der Waals surface area contributed by atoms with Crippen molar-refractivity contribution in [3.8, 4) is 5.75 Å². The predicted octanol–water partition coefficient (Wildman–Crippen LogP) is 2.54. The van der Waals surface area contributed by atoms with E-state index in [-0.39, 0.29) is 12.5 Å². The number of imide groups is 1. The molecule has 1 atom stereocenters. The molecule has 0 bridgehead atoms. The summed E-state index contributed by atoms with van der Waals surface area (Å²) in [4.78, 5) is 38.2. The topological polar surface area (TPSA) is 84.9 Å². The van der Waals surface area contributed by atoms with Crippen LogP contribution in [-0.2, 0) is 22.5 Å². The van der Waals surface area contributed by atoms with Gasteiger partial charge in [-0.15, -0.1) is 0 Å². The van der Waals surface area contributed by atoms with Gasteiger partial charge in [0, 0.05) is 6.42 Å². The molecule has 1 saturated heterocycles. The lowest BCUT2D eigenvalue weighted by molar-refractivity contribution is -0.131. The molecular formula is C21H22N2O5. The zero-order valence-electron chi connectivity index (χ0n) is 16.0. The summed E-state index contributed by atoms with van der Waals surface area (Å²) in [5, 5.41) is 2.80. The summed E-state index contributed by atoms with van der Waals surface area (Å²) in [6.07, 6.45) is 0.319. The van der Waals surface area contributed by atoms with Gasteiger partial charge in [0.25, 0.3) is 5.91 Å². The van der Waals surface area contributed by atoms with Crippen LogP contribution in [0.15, 0.2) is 48.5 Å². The maximum atomic E-state index is 13.0. The van der Waals surface area contributed by atoms with E-state index in [9.17, 15) is 14.4 Å². The Kier molecular flexibility index (Phi) is 5.35. The monoisotopic (exact) mass is 382 g/mol. The maximum Gasteiger partial charge on any atom is 0.337 e. The maximum absolute atomic E-state index is 13.0. The number of amides is 3. The van der Waals surface area contributed by atoms with Gasteiger partial charge in [0.05, 0.1) is 26.3 Å². The van der Waals surface area contributed by atoms with Gasteiger partial charge in [-0.1, -0.05) is 30.3 Å². The molecule has 1 fully saturated rings. The van der Waals surface area contributed by atoms with Gasteiger partial charge >= 0.3 is 12.0 Å². The summed E-state index contributed by atoms with van der Waals surface area (Å²) in [5.74, 6) is -0.0750. The van der Waals surface area contributed by atoms with Gasteiger partial charge in [-0.3, -0.25) is 9.69 Å². The van der Waals surface area contributed by atoms with Crippen LogP contribution in [0.1, 0.15) is 28.4 Å². The molecule has 7 nitrogen and oxygen atoms in total.